The third-order valence-corrected chi connectivity index (χ3v) is 6.17. The summed E-state index contributed by atoms with van der Waals surface area (Å²) >= 11 is 0. The van der Waals surface area contributed by atoms with E-state index in [2.05, 4.69) is 20.6 Å². The molecule has 12 heteroatoms. The average Bonchev–Trinajstić information content (AvgIpc) is 2.94. The van der Waals surface area contributed by atoms with Gasteiger partial charge in [-0.2, -0.15) is 0 Å². The molecule has 2 amide bonds. The van der Waals surface area contributed by atoms with Crippen LogP contribution in [0.5, 0.6) is 0 Å². The Hall–Kier alpha value is -3.80. The molecule has 40 heavy (non-hydrogen) atoms. The highest BCUT2D eigenvalue weighted by Gasteiger charge is 2.42. The summed E-state index contributed by atoms with van der Waals surface area (Å²) in [5, 5.41) is 5.80. The number of benzene rings is 1. The monoisotopic (exact) mass is 553 g/mol. The van der Waals surface area contributed by atoms with E-state index in [1.165, 1.54) is 25.7 Å². The lowest BCUT2D eigenvalue weighted by Crippen LogP contribution is -2.63. The van der Waals surface area contributed by atoms with Gasteiger partial charge in [-0.25, -0.2) is 4.98 Å². The van der Waals surface area contributed by atoms with E-state index in [1.54, 1.807) is 11.7 Å². The molecule has 2 atom stereocenters. The number of carbonyl (C=O) groups excluding carboxylic acids is 4. The maximum Gasteiger partial charge on any atom is 0.475 e. The zero-order valence-electron chi connectivity index (χ0n) is 24.1. The molecule has 0 aliphatic carbocycles. The number of aromatic nitrogens is 2. The third-order valence-electron chi connectivity index (χ3n) is 6.17. The van der Waals surface area contributed by atoms with Crippen molar-refractivity contribution in [3.05, 3.63) is 60.2 Å². The highest BCUT2D eigenvalue weighted by Crippen LogP contribution is 2.16. The molecule has 0 aliphatic heterocycles. The smallest absolute Gasteiger partial charge is 0.475 e. The number of esters is 1. The fourth-order valence-electron chi connectivity index (χ4n) is 4.12. The fourth-order valence-corrected chi connectivity index (χ4v) is 4.12. The maximum absolute atomic E-state index is 13.8. The van der Waals surface area contributed by atoms with Crippen LogP contribution in [0.2, 0.25) is 0 Å². The molecule has 2 rings (SSSR count). The Bertz CT molecular complexity index is 1100. The van der Waals surface area contributed by atoms with Crippen molar-refractivity contribution in [1.29, 1.82) is 0 Å². The van der Waals surface area contributed by atoms with Crippen molar-refractivity contribution in [2.24, 2.45) is 5.92 Å². The van der Waals surface area contributed by atoms with Gasteiger partial charge in [0.05, 0.1) is 25.8 Å². The standard InChI is InChI=1S/C28H40BN5O6/c1-7-25(35)40-29(34(20(4)5)18-26(36)39-6)24(15-19(2)3)33-27(37)22(16-21-11-9-8-10-12-21)32-28(38)23-17-30-13-14-31-23/h8-14,17,19-20,22,24H,7,15-16,18H2,1-6H3,(H,32,38)(H,33,37)/t22-,24-/m0/s1. The van der Waals surface area contributed by atoms with Crippen molar-refractivity contribution in [3.63, 3.8) is 0 Å². The summed E-state index contributed by atoms with van der Waals surface area (Å²) in [5.41, 5.74) is 0.914. The molecule has 1 heterocycles. The number of amides is 2. The Balaban J connectivity index is 2.43. The summed E-state index contributed by atoms with van der Waals surface area (Å²) in [6.07, 6.45) is 4.94. The predicted octanol–water partition coefficient (Wildman–Crippen LogP) is 2.21. The minimum Gasteiger partial charge on any atom is -0.518 e. The van der Waals surface area contributed by atoms with E-state index in [0.29, 0.717) is 6.42 Å². The minimum absolute atomic E-state index is 0.0749. The molecule has 0 spiro atoms. The Labute approximate surface area is 236 Å². The number of hydrogen-bond donors (Lipinski definition) is 2. The molecule has 0 fully saturated rings. The molecule has 1 aromatic carbocycles. The summed E-state index contributed by atoms with van der Waals surface area (Å²) in [6, 6.07) is 8.10. The molecule has 1 aromatic heterocycles. The van der Waals surface area contributed by atoms with Gasteiger partial charge in [0.25, 0.3) is 11.9 Å². The SMILES string of the molecule is CCC(=O)OB([C@H](CC(C)C)NC(=O)[C@H](Cc1ccccc1)NC(=O)c1cnccn1)N(CC(=O)OC)C(C)C. The molecule has 0 unspecified atom stereocenters. The summed E-state index contributed by atoms with van der Waals surface area (Å²) in [5.74, 6) is -2.58. The molecule has 2 aromatic rings. The summed E-state index contributed by atoms with van der Waals surface area (Å²) in [6.45, 7) is 9.22. The number of nitrogens with one attached hydrogen (secondary N) is 2. The van der Waals surface area contributed by atoms with Gasteiger partial charge in [-0.15, -0.1) is 0 Å². The van der Waals surface area contributed by atoms with Crippen molar-refractivity contribution in [1.82, 2.24) is 25.4 Å². The molecule has 0 saturated heterocycles. The predicted molar refractivity (Wildman–Crippen MR) is 151 cm³/mol. The van der Waals surface area contributed by atoms with Crippen molar-refractivity contribution in [2.45, 2.75) is 71.9 Å². The van der Waals surface area contributed by atoms with Gasteiger partial charge >= 0.3 is 13.0 Å². The van der Waals surface area contributed by atoms with E-state index >= 15 is 0 Å². The van der Waals surface area contributed by atoms with Gasteiger partial charge in [-0.1, -0.05) is 65.0 Å². The molecular formula is C28H40BN5O6. The van der Waals surface area contributed by atoms with E-state index in [1.807, 2.05) is 58.0 Å². The highest BCUT2D eigenvalue weighted by atomic mass is 16.5. The highest BCUT2D eigenvalue weighted by molar-refractivity contribution is 6.53. The maximum atomic E-state index is 13.8. The van der Waals surface area contributed by atoms with Crippen LogP contribution < -0.4 is 10.6 Å². The van der Waals surface area contributed by atoms with E-state index in [-0.39, 0.29) is 37.0 Å². The van der Waals surface area contributed by atoms with Gasteiger partial charge in [0.15, 0.2) is 0 Å². The first-order valence-corrected chi connectivity index (χ1v) is 13.5. The minimum atomic E-state index is -0.970. The van der Waals surface area contributed by atoms with Crippen LogP contribution in [-0.2, 0) is 30.2 Å². The topological polar surface area (TPSA) is 140 Å². The van der Waals surface area contributed by atoms with E-state index in [0.717, 1.165) is 5.56 Å². The Morgan fingerprint density at radius 3 is 2.25 bits per heavy atom. The van der Waals surface area contributed by atoms with Crippen LogP contribution in [0, 0.1) is 5.92 Å². The second kappa shape index (κ2) is 16.3. The summed E-state index contributed by atoms with van der Waals surface area (Å²) in [7, 11) is 0.334. The van der Waals surface area contributed by atoms with E-state index in [9.17, 15) is 19.2 Å². The average molecular weight is 553 g/mol. The fraction of sp³-hybridized carbons (Fsp3) is 0.500. The largest absolute Gasteiger partial charge is 0.518 e. The Morgan fingerprint density at radius 2 is 1.70 bits per heavy atom. The zero-order chi connectivity index (χ0) is 29.7. The Kier molecular flexibility index (Phi) is 13.2. The van der Waals surface area contributed by atoms with Gasteiger partial charge in [0, 0.05) is 25.2 Å². The second-order valence-electron chi connectivity index (χ2n) is 10.1. The first kappa shape index (κ1) is 32.4. The number of ether oxygens (including phenoxy) is 1. The van der Waals surface area contributed by atoms with Crippen LogP contribution in [0.25, 0.3) is 0 Å². The number of nitrogens with zero attached hydrogens (tertiary/aromatic N) is 3. The summed E-state index contributed by atoms with van der Waals surface area (Å²) in [4.78, 5) is 61.2. The third kappa shape index (κ3) is 10.4. The molecule has 0 aliphatic rings. The van der Waals surface area contributed by atoms with Crippen molar-refractivity contribution < 1.29 is 28.6 Å². The van der Waals surface area contributed by atoms with Crippen molar-refractivity contribution in [3.8, 4) is 0 Å². The number of rotatable bonds is 15. The van der Waals surface area contributed by atoms with Crippen LogP contribution >= 0.6 is 0 Å². The first-order valence-electron chi connectivity index (χ1n) is 13.5. The quantitative estimate of drug-likeness (QED) is 0.251. The molecule has 0 saturated carbocycles. The van der Waals surface area contributed by atoms with Crippen LogP contribution in [-0.4, -0.2) is 77.3 Å². The summed E-state index contributed by atoms with van der Waals surface area (Å²) < 4.78 is 10.7. The molecule has 0 bridgehead atoms. The molecular weight excluding hydrogens is 513 g/mol. The molecule has 0 radical (unpaired) electrons. The van der Waals surface area contributed by atoms with Gasteiger partial charge in [-0.05, 0) is 23.9 Å². The molecule has 11 nitrogen and oxygen atoms in total. The van der Waals surface area contributed by atoms with Crippen molar-refractivity contribution >= 4 is 30.8 Å². The second-order valence-corrected chi connectivity index (χ2v) is 10.1. The van der Waals surface area contributed by atoms with Gasteiger partial charge in [-0.3, -0.25) is 29.0 Å². The van der Waals surface area contributed by atoms with Crippen LogP contribution in [0.15, 0.2) is 48.9 Å². The number of carbonyl (C=O) groups is 4. The van der Waals surface area contributed by atoms with Gasteiger partial charge in [0.2, 0.25) is 5.91 Å². The van der Waals surface area contributed by atoms with Crippen molar-refractivity contribution in [2.75, 3.05) is 13.7 Å². The molecule has 216 valence electrons. The normalized spacial score (nSPS) is 12.5. The van der Waals surface area contributed by atoms with Crippen LogP contribution in [0.1, 0.15) is 63.5 Å². The molecule has 2 N–H and O–H groups in total. The van der Waals surface area contributed by atoms with Crippen LogP contribution in [0.4, 0.5) is 0 Å². The van der Waals surface area contributed by atoms with Crippen LogP contribution in [0.3, 0.4) is 0 Å². The van der Waals surface area contributed by atoms with E-state index in [4.69, 9.17) is 9.39 Å². The number of methoxy groups -OCH3 is 1. The lowest BCUT2D eigenvalue weighted by atomic mass is 9.66. The lowest BCUT2D eigenvalue weighted by molar-refractivity contribution is -0.142. The Morgan fingerprint density at radius 1 is 1.00 bits per heavy atom. The zero-order valence-corrected chi connectivity index (χ0v) is 24.1. The van der Waals surface area contributed by atoms with E-state index < -0.39 is 42.8 Å². The van der Waals surface area contributed by atoms with Gasteiger partial charge in [0.1, 0.15) is 11.7 Å². The van der Waals surface area contributed by atoms with Gasteiger partial charge < -0.3 is 20.0 Å². The first-order chi connectivity index (χ1) is 19.0. The lowest BCUT2D eigenvalue weighted by Gasteiger charge is -2.36. The number of hydrogen-bond acceptors (Lipinski definition) is 9.